The van der Waals surface area contributed by atoms with Crippen molar-refractivity contribution in [2.24, 2.45) is 5.92 Å². The molecular formula is C16H22ClN3O2. The third kappa shape index (κ3) is 5.00. The maximum absolute atomic E-state index is 12.1. The number of nitrogens with one attached hydrogen (secondary N) is 2. The highest BCUT2D eigenvalue weighted by molar-refractivity contribution is 6.34. The number of amides is 2. The van der Waals surface area contributed by atoms with Crippen molar-refractivity contribution in [1.29, 1.82) is 0 Å². The zero-order valence-corrected chi connectivity index (χ0v) is 13.7. The van der Waals surface area contributed by atoms with E-state index in [4.69, 9.17) is 11.6 Å². The van der Waals surface area contributed by atoms with E-state index in [9.17, 15) is 9.59 Å². The van der Waals surface area contributed by atoms with Crippen LogP contribution in [0, 0.1) is 5.92 Å². The van der Waals surface area contributed by atoms with Crippen molar-refractivity contribution in [3.63, 3.8) is 0 Å². The van der Waals surface area contributed by atoms with Gasteiger partial charge in [-0.05, 0) is 43.5 Å². The van der Waals surface area contributed by atoms with Gasteiger partial charge in [-0.25, -0.2) is 0 Å². The van der Waals surface area contributed by atoms with E-state index in [1.165, 1.54) is 13.3 Å². The SMILES string of the molecule is CC(=O)Nc1ccc(NC(=O)CN2CCC[C@H](C)C2)c(Cl)c1. The zero-order chi connectivity index (χ0) is 16.1. The molecule has 1 aliphatic rings. The highest BCUT2D eigenvalue weighted by Crippen LogP contribution is 2.25. The standard InChI is InChI=1S/C16H22ClN3O2/c1-11-4-3-7-20(9-11)10-16(22)19-15-6-5-13(8-14(15)17)18-12(2)21/h5-6,8,11H,3-4,7,9-10H2,1-2H3,(H,18,21)(H,19,22)/t11-/m0/s1. The molecule has 1 aromatic carbocycles. The van der Waals surface area contributed by atoms with Gasteiger partial charge in [0.2, 0.25) is 11.8 Å². The molecule has 0 bridgehead atoms. The molecule has 0 aromatic heterocycles. The van der Waals surface area contributed by atoms with Gasteiger partial charge in [0.25, 0.3) is 0 Å². The molecule has 0 aliphatic carbocycles. The van der Waals surface area contributed by atoms with Crippen molar-refractivity contribution in [1.82, 2.24) is 4.90 Å². The Morgan fingerprint density at radius 1 is 1.36 bits per heavy atom. The van der Waals surface area contributed by atoms with E-state index in [0.717, 1.165) is 19.5 Å². The van der Waals surface area contributed by atoms with Crippen molar-refractivity contribution in [2.45, 2.75) is 26.7 Å². The predicted molar refractivity (Wildman–Crippen MR) is 89.2 cm³/mol. The van der Waals surface area contributed by atoms with Crippen LogP contribution in [0.25, 0.3) is 0 Å². The van der Waals surface area contributed by atoms with Crippen LogP contribution < -0.4 is 10.6 Å². The topological polar surface area (TPSA) is 61.4 Å². The Kier molecular flexibility index (Phi) is 5.80. The van der Waals surface area contributed by atoms with Crippen LogP contribution in [-0.4, -0.2) is 36.3 Å². The average Bonchev–Trinajstić information content (AvgIpc) is 2.41. The third-order valence-corrected chi connectivity index (χ3v) is 3.98. The number of carbonyl (C=O) groups excluding carboxylic acids is 2. The van der Waals surface area contributed by atoms with Gasteiger partial charge in [-0.3, -0.25) is 14.5 Å². The first-order valence-corrected chi connectivity index (χ1v) is 7.91. The lowest BCUT2D eigenvalue weighted by Gasteiger charge is -2.30. The number of piperidine rings is 1. The van der Waals surface area contributed by atoms with E-state index in [0.29, 0.717) is 28.9 Å². The molecule has 1 aliphatic heterocycles. The monoisotopic (exact) mass is 323 g/mol. The van der Waals surface area contributed by atoms with Crippen molar-refractivity contribution < 1.29 is 9.59 Å². The molecule has 22 heavy (non-hydrogen) atoms. The minimum Gasteiger partial charge on any atom is -0.326 e. The number of halogens is 1. The summed E-state index contributed by atoms with van der Waals surface area (Å²) in [6, 6.07) is 5.04. The first kappa shape index (κ1) is 16.8. The van der Waals surface area contributed by atoms with Crippen LogP contribution in [-0.2, 0) is 9.59 Å². The smallest absolute Gasteiger partial charge is 0.238 e. The Labute approximate surface area is 136 Å². The third-order valence-electron chi connectivity index (χ3n) is 3.67. The highest BCUT2D eigenvalue weighted by atomic mass is 35.5. The zero-order valence-electron chi connectivity index (χ0n) is 13.0. The van der Waals surface area contributed by atoms with Gasteiger partial charge < -0.3 is 10.6 Å². The lowest BCUT2D eigenvalue weighted by Crippen LogP contribution is -2.39. The molecule has 0 spiro atoms. The summed E-state index contributed by atoms with van der Waals surface area (Å²) in [6.45, 7) is 5.95. The quantitative estimate of drug-likeness (QED) is 0.895. The van der Waals surface area contributed by atoms with E-state index in [2.05, 4.69) is 22.5 Å². The van der Waals surface area contributed by atoms with Crippen LogP contribution in [0.15, 0.2) is 18.2 Å². The second-order valence-electron chi connectivity index (χ2n) is 5.91. The molecule has 2 amide bonds. The molecule has 2 rings (SSSR count). The maximum atomic E-state index is 12.1. The van der Waals surface area contributed by atoms with Gasteiger partial charge in [-0.1, -0.05) is 18.5 Å². The first-order chi connectivity index (χ1) is 10.4. The molecule has 1 saturated heterocycles. The van der Waals surface area contributed by atoms with Gasteiger partial charge in [0, 0.05) is 19.2 Å². The Morgan fingerprint density at radius 2 is 2.14 bits per heavy atom. The summed E-state index contributed by atoms with van der Waals surface area (Å²) in [5, 5.41) is 5.89. The minimum absolute atomic E-state index is 0.0664. The molecule has 6 heteroatoms. The molecule has 0 unspecified atom stereocenters. The normalized spacial score (nSPS) is 18.8. The van der Waals surface area contributed by atoms with Crippen LogP contribution >= 0.6 is 11.6 Å². The number of nitrogens with zero attached hydrogens (tertiary/aromatic N) is 1. The summed E-state index contributed by atoms with van der Waals surface area (Å²) in [5.74, 6) is 0.414. The average molecular weight is 324 g/mol. The summed E-state index contributed by atoms with van der Waals surface area (Å²) in [7, 11) is 0. The molecule has 120 valence electrons. The Balaban J connectivity index is 1.92. The van der Waals surface area contributed by atoms with Crippen molar-refractivity contribution in [2.75, 3.05) is 30.3 Å². The van der Waals surface area contributed by atoms with Gasteiger partial charge in [-0.2, -0.15) is 0 Å². The number of benzene rings is 1. The molecule has 2 N–H and O–H groups in total. The molecule has 1 fully saturated rings. The molecule has 1 atom stereocenters. The second kappa shape index (κ2) is 7.61. The van der Waals surface area contributed by atoms with Gasteiger partial charge in [-0.15, -0.1) is 0 Å². The van der Waals surface area contributed by atoms with Gasteiger partial charge >= 0.3 is 0 Å². The second-order valence-corrected chi connectivity index (χ2v) is 6.31. The lowest BCUT2D eigenvalue weighted by molar-refractivity contribution is -0.117. The van der Waals surface area contributed by atoms with Crippen LogP contribution in [0.2, 0.25) is 5.02 Å². The number of likely N-dealkylation sites (tertiary alicyclic amines) is 1. The van der Waals surface area contributed by atoms with E-state index >= 15 is 0 Å². The van der Waals surface area contributed by atoms with Crippen molar-refractivity contribution >= 4 is 34.8 Å². The number of carbonyl (C=O) groups is 2. The lowest BCUT2D eigenvalue weighted by atomic mass is 10.0. The summed E-state index contributed by atoms with van der Waals surface area (Å²) in [4.78, 5) is 25.3. The Bertz CT molecular complexity index is 562. The molecule has 5 nitrogen and oxygen atoms in total. The fourth-order valence-corrected chi connectivity index (χ4v) is 2.95. The van der Waals surface area contributed by atoms with E-state index in [1.54, 1.807) is 18.2 Å². The predicted octanol–water partition coefficient (Wildman–Crippen LogP) is 2.97. The number of hydrogen-bond donors (Lipinski definition) is 2. The summed E-state index contributed by atoms with van der Waals surface area (Å²) in [5.41, 5.74) is 1.17. The minimum atomic E-state index is -0.160. The molecular weight excluding hydrogens is 302 g/mol. The highest BCUT2D eigenvalue weighted by Gasteiger charge is 2.18. The molecule has 0 saturated carbocycles. The largest absolute Gasteiger partial charge is 0.326 e. The number of anilines is 2. The fourth-order valence-electron chi connectivity index (χ4n) is 2.72. The number of hydrogen-bond acceptors (Lipinski definition) is 3. The molecule has 1 heterocycles. The van der Waals surface area contributed by atoms with Crippen molar-refractivity contribution in [3.8, 4) is 0 Å². The van der Waals surface area contributed by atoms with E-state index in [1.807, 2.05) is 0 Å². The maximum Gasteiger partial charge on any atom is 0.238 e. The van der Waals surface area contributed by atoms with E-state index in [-0.39, 0.29) is 11.8 Å². The Morgan fingerprint density at radius 3 is 2.77 bits per heavy atom. The number of rotatable bonds is 4. The van der Waals surface area contributed by atoms with Crippen LogP contribution in [0.1, 0.15) is 26.7 Å². The van der Waals surface area contributed by atoms with Crippen LogP contribution in [0.3, 0.4) is 0 Å². The van der Waals surface area contributed by atoms with Gasteiger partial charge in [0.15, 0.2) is 0 Å². The van der Waals surface area contributed by atoms with Gasteiger partial charge in [0.1, 0.15) is 0 Å². The Hall–Kier alpha value is -1.59. The van der Waals surface area contributed by atoms with Gasteiger partial charge in [0.05, 0.1) is 17.3 Å². The van der Waals surface area contributed by atoms with Crippen molar-refractivity contribution in [3.05, 3.63) is 23.2 Å². The first-order valence-electron chi connectivity index (χ1n) is 7.53. The summed E-state index contributed by atoms with van der Waals surface area (Å²) < 4.78 is 0. The van der Waals surface area contributed by atoms with Crippen LogP contribution in [0.5, 0.6) is 0 Å². The molecule has 1 aromatic rings. The molecule has 0 radical (unpaired) electrons. The summed E-state index contributed by atoms with van der Waals surface area (Å²) in [6.07, 6.45) is 2.37. The fraction of sp³-hybridized carbons (Fsp3) is 0.500. The summed E-state index contributed by atoms with van der Waals surface area (Å²) >= 11 is 6.14. The van der Waals surface area contributed by atoms with E-state index < -0.39 is 0 Å². The van der Waals surface area contributed by atoms with Crippen LogP contribution in [0.4, 0.5) is 11.4 Å².